The molecule has 2 nitrogen and oxygen atoms in total. The normalized spacial score (nSPS) is 16.0. The van der Waals surface area contributed by atoms with Crippen LogP contribution in [0.2, 0.25) is 0 Å². The van der Waals surface area contributed by atoms with Crippen LogP contribution < -0.4 is 0 Å². The number of hydrogen-bond acceptors (Lipinski definition) is 2. The fourth-order valence-electron chi connectivity index (χ4n) is 0.921. The lowest BCUT2D eigenvalue weighted by molar-refractivity contribution is 0.203. The molecule has 0 bridgehead atoms. The molecule has 1 unspecified atom stereocenters. The molecule has 1 N–H and O–H groups in total. The van der Waals surface area contributed by atoms with Crippen molar-refractivity contribution >= 4 is 5.71 Å². The van der Waals surface area contributed by atoms with Crippen molar-refractivity contribution in [1.82, 2.24) is 0 Å². The molecule has 0 aliphatic carbocycles. The fourth-order valence-corrected chi connectivity index (χ4v) is 0.921. The molecular weight excluding hydrogens is 126 g/mol. The Labute approximate surface area is 63.0 Å². The zero-order chi connectivity index (χ0) is 8.15. The Morgan fingerprint density at radius 2 is 1.90 bits per heavy atom. The van der Waals surface area contributed by atoms with Crippen LogP contribution >= 0.6 is 0 Å². The molecule has 0 radical (unpaired) electrons. The first kappa shape index (κ1) is 9.63. The number of hydrogen-bond donors (Lipinski definition) is 1. The van der Waals surface area contributed by atoms with Crippen molar-refractivity contribution in [2.75, 3.05) is 0 Å². The van der Waals surface area contributed by atoms with Gasteiger partial charge in [-0.05, 0) is 27.7 Å². The molecule has 0 heterocycles. The minimum absolute atomic E-state index is 0.262. The first-order chi connectivity index (χ1) is 4.52. The molecular formula is C8H17NO. The molecule has 60 valence electrons. The lowest BCUT2D eigenvalue weighted by Gasteiger charge is -2.04. The van der Waals surface area contributed by atoms with Gasteiger partial charge in [0.15, 0.2) is 0 Å². The first-order valence-corrected chi connectivity index (χ1v) is 3.73. The second-order valence-corrected chi connectivity index (χ2v) is 3.01. The van der Waals surface area contributed by atoms with Gasteiger partial charge in [0, 0.05) is 18.2 Å². The highest BCUT2D eigenvalue weighted by Crippen LogP contribution is 1.96. The minimum Gasteiger partial charge on any atom is -0.393 e. The van der Waals surface area contributed by atoms with Gasteiger partial charge in [-0.15, -0.1) is 0 Å². The van der Waals surface area contributed by atoms with Crippen LogP contribution in [0.3, 0.4) is 0 Å². The predicted molar refractivity (Wildman–Crippen MR) is 44.5 cm³/mol. The molecule has 0 saturated heterocycles. The Balaban J connectivity index is 3.71. The molecule has 0 spiro atoms. The van der Waals surface area contributed by atoms with E-state index in [0.717, 1.165) is 5.71 Å². The third kappa shape index (κ3) is 5.76. The summed E-state index contributed by atoms with van der Waals surface area (Å²) < 4.78 is 0. The van der Waals surface area contributed by atoms with E-state index in [1.54, 1.807) is 6.92 Å². The Bertz CT molecular complexity index is 116. The van der Waals surface area contributed by atoms with Gasteiger partial charge < -0.3 is 5.11 Å². The van der Waals surface area contributed by atoms with Crippen molar-refractivity contribution in [3.63, 3.8) is 0 Å². The zero-order valence-corrected chi connectivity index (χ0v) is 7.26. The van der Waals surface area contributed by atoms with Crippen LogP contribution in [0, 0.1) is 0 Å². The van der Waals surface area contributed by atoms with E-state index in [1.807, 2.05) is 20.8 Å². The van der Waals surface area contributed by atoms with Crippen LogP contribution in [0.15, 0.2) is 4.99 Å². The van der Waals surface area contributed by atoms with E-state index >= 15 is 0 Å². The number of aliphatic hydroxyl groups excluding tert-OH is 1. The highest BCUT2D eigenvalue weighted by Gasteiger charge is 1.98. The van der Waals surface area contributed by atoms with Gasteiger partial charge in [0.25, 0.3) is 0 Å². The van der Waals surface area contributed by atoms with Crippen molar-refractivity contribution in [3.8, 4) is 0 Å². The lowest BCUT2D eigenvalue weighted by Crippen LogP contribution is -2.08. The van der Waals surface area contributed by atoms with Gasteiger partial charge in [-0.3, -0.25) is 4.99 Å². The van der Waals surface area contributed by atoms with Crippen LogP contribution in [-0.2, 0) is 0 Å². The summed E-state index contributed by atoms with van der Waals surface area (Å²) in [6, 6.07) is 0.346. The minimum atomic E-state index is -0.262. The monoisotopic (exact) mass is 143 g/mol. The lowest BCUT2D eigenvalue weighted by atomic mass is 10.2. The molecule has 1 atom stereocenters. The fraction of sp³-hybridized carbons (Fsp3) is 0.875. The maximum atomic E-state index is 8.95. The molecule has 0 aliphatic heterocycles. The standard InChI is InChI=1S/C8H17NO/c1-6(2)9-7(3)5-8(4)10/h6,8,10H,5H2,1-4H3. The topological polar surface area (TPSA) is 32.6 Å². The zero-order valence-electron chi connectivity index (χ0n) is 7.26. The van der Waals surface area contributed by atoms with E-state index in [0.29, 0.717) is 12.5 Å². The van der Waals surface area contributed by atoms with Crippen LogP contribution in [0.25, 0.3) is 0 Å². The van der Waals surface area contributed by atoms with Crippen LogP contribution in [0.5, 0.6) is 0 Å². The molecule has 0 fully saturated rings. The van der Waals surface area contributed by atoms with E-state index in [4.69, 9.17) is 5.11 Å². The number of rotatable bonds is 3. The molecule has 0 amide bonds. The number of nitrogens with zero attached hydrogens (tertiary/aromatic N) is 1. The van der Waals surface area contributed by atoms with Gasteiger partial charge in [-0.25, -0.2) is 0 Å². The average Bonchev–Trinajstić information content (AvgIpc) is 1.58. The second-order valence-electron chi connectivity index (χ2n) is 3.01. The van der Waals surface area contributed by atoms with Gasteiger partial charge in [0.2, 0.25) is 0 Å². The highest BCUT2D eigenvalue weighted by atomic mass is 16.3. The summed E-state index contributed by atoms with van der Waals surface area (Å²) in [6.45, 7) is 7.79. The van der Waals surface area contributed by atoms with Crippen molar-refractivity contribution < 1.29 is 5.11 Å². The Morgan fingerprint density at radius 1 is 1.40 bits per heavy atom. The van der Waals surface area contributed by atoms with Crippen LogP contribution in [0.4, 0.5) is 0 Å². The van der Waals surface area contributed by atoms with Gasteiger partial charge in [-0.2, -0.15) is 0 Å². The van der Waals surface area contributed by atoms with E-state index in [9.17, 15) is 0 Å². The average molecular weight is 143 g/mol. The molecule has 2 heteroatoms. The molecule has 0 aliphatic rings. The van der Waals surface area contributed by atoms with Gasteiger partial charge in [0.1, 0.15) is 0 Å². The smallest absolute Gasteiger partial charge is 0.0564 e. The van der Waals surface area contributed by atoms with Gasteiger partial charge >= 0.3 is 0 Å². The number of aliphatic hydroxyl groups is 1. The van der Waals surface area contributed by atoms with Gasteiger partial charge in [0.05, 0.1) is 6.10 Å². The third-order valence-electron chi connectivity index (χ3n) is 1.07. The summed E-state index contributed by atoms with van der Waals surface area (Å²) in [5, 5.41) is 8.95. The van der Waals surface area contributed by atoms with E-state index < -0.39 is 0 Å². The van der Waals surface area contributed by atoms with E-state index in [1.165, 1.54) is 0 Å². The maximum Gasteiger partial charge on any atom is 0.0564 e. The largest absolute Gasteiger partial charge is 0.393 e. The second kappa shape index (κ2) is 4.45. The predicted octanol–water partition coefficient (Wildman–Crippen LogP) is 1.63. The third-order valence-corrected chi connectivity index (χ3v) is 1.07. The van der Waals surface area contributed by atoms with E-state index in [-0.39, 0.29) is 6.10 Å². The first-order valence-electron chi connectivity index (χ1n) is 3.73. The van der Waals surface area contributed by atoms with Crippen LogP contribution in [0.1, 0.15) is 34.1 Å². The van der Waals surface area contributed by atoms with Crippen LogP contribution in [-0.4, -0.2) is 23.0 Å². The summed E-state index contributed by atoms with van der Waals surface area (Å²) in [7, 11) is 0. The van der Waals surface area contributed by atoms with Crippen molar-refractivity contribution in [1.29, 1.82) is 0 Å². The number of aliphatic imine (C=N–C) groups is 1. The molecule has 0 saturated carbocycles. The maximum absolute atomic E-state index is 8.95. The Morgan fingerprint density at radius 3 is 2.20 bits per heavy atom. The molecule has 0 aromatic carbocycles. The highest BCUT2D eigenvalue weighted by molar-refractivity contribution is 5.82. The van der Waals surface area contributed by atoms with Crippen molar-refractivity contribution in [3.05, 3.63) is 0 Å². The molecule has 0 aromatic rings. The Hall–Kier alpha value is -0.370. The van der Waals surface area contributed by atoms with Gasteiger partial charge in [-0.1, -0.05) is 0 Å². The molecule has 10 heavy (non-hydrogen) atoms. The summed E-state index contributed by atoms with van der Waals surface area (Å²) >= 11 is 0. The van der Waals surface area contributed by atoms with E-state index in [2.05, 4.69) is 4.99 Å². The summed E-state index contributed by atoms with van der Waals surface area (Å²) in [4.78, 5) is 4.27. The quantitative estimate of drug-likeness (QED) is 0.598. The summed E-state index contributed by atoms with van der Waals surface area (Å²) in [6.07, 6.45) is 0.431. The summed E-state index contributed by atoms with van der Waals surface area (Å²) in [5.41, 5.74) is 1.03. The van der Waals surface area contributed by atoms with Crippen molar-refractivity contribution in [2.24, 2.45) is 4.99 Å². The molecule has 0 aromatic heterocycles. The molecule has 0 rings (SSSR count). The SMILES string of the molecule is CC(CC(C)O)=NC(C)C. The van der Waals surface area contributed by atoms with Crippen molar-refractivity contribution in [2.45, 2.75) is 46.3 Å². The summed E-state index contributed by atoms with van der Waals surface area (Å²) in [5.74, 6) is 0. The Kier molecular flexibility index (Phi) is 4.28.